The first-order valence-corrected chi connectivity index (χ1v) is 3.69. The van der Waals surface area contributed by atoms with Crippen LogP contribution in [0.1, 0.15) is 0 Å². The SMILES string of the molecule is Nc1cc(OC(=O)O)cc(OC(=O)O)c1. The van der Waals surface area contributed by atoms with Crippen molar-refractivity contribution in [3.63, 3.8) is 0 Å². The summed E-state index contributed by atoms with van der Waals surface area (Å²) in [6.07, 6.45) is -3.05. The van der Waals surface area contributed by atoms with Crippen molar-refractivity contribution in [1.82, 2.24) is 0 Å². The number of carboxylic acid groups (broad SMARTS) is 2. The van der Waals surface area contributed by atoms with Gasteiger partial charge in [-0.25, -0.2) is 9.59 Å². The summed E-state index contributed by atoms with van der Waals surface area (Å²) in [5.41, 5.74) is 5.49. The lowest BCUT2D eigenvalue weighted by Crippen LogP contribution is -2.06. The number of nitrogens with two attached hydrogens (primary N) is 1. The highest BCUT2D eigenvalue weighted by Gasteiger charge is 2.07. The maximum Gasteiger partial charge on any atom is 0.511 e. The smallest absolute Gasteiger partial charge is 0.449 e. The molecule has 0 aliphatic rings. The molecule has 15 heavy (non-hydrogen) atoms. The zero-order chi connectivity index (χ0) is 11.4. The predicted molar refractivity (Wildman–Crippen MR) is 48.2 cm³/mol. The van der Waals surface area contributed by atoms with Gasteiger partial charge in [0.1, 0.15) is 11.5 Å². The molecule has 0 bridgehead atoms. The molecular formula is C8H7NO6. The standard InChI is InChI=1S/C8H7NO6/c9-4-1-5(14-7(10)11)3-6(2-4)15-8(12)13/h1-3H,9H2,(H,10,11)(H,12,13). The van der Waals surface area contributed by atoms with Crippen molar-refractivity contribution in [2.24, 2.45) is 0 Å². The lowest BCUT2D eigenvalue weighted by atomic mass is 10.3. The second-order valence-electron chi connectivity index (χ2n) is 2.47. The van der Waals surface area contributed by atoms with Crippen molar-refractivity contribution in [3.05, 3.63) is 18.2 Å². The Balaban J connectivity index is 2.94. The van der Waals surface area contributed by atoms with E-state index in [0.29, 0.717) is 0 Å². The van der Waals surface area contributed by atoms with Crippen molar-refractivity contribution in [3.8, 4) is 11.5 Å². The quantitative estimate of drug-likeness (QED) is 0.385. The van der Waals surface area contributed by atoms with Crippen LogP contribution in [0.25, 0.3) is 0 Å². The Bertz CT molecular complexity index is 368. The zero-order valence-electron chi connectivity index (χ0n) is 7.34. The second kappa shape index (κ2) is 4.18. The van der Waals surface area contributed by atoms with Crippen LogP contribution in [0.5, 0.6) is 11.5 Å². The summed E-state index contributed by atoms with van der Waals surface area (Å²) in [5.74, 6) is -0.225. The lowest BCUT2D eigenvalue weighted by Gasteiger charge is -2.04. The Kier molecular flexibility index (Phi) is 2.97. The Hall–Kier alpha value is -2.44. The van der Waals surface area contributed by atoms with E-state index in [0.717, 1.165) is 6.07 Å². The van der Waals surface area contributed by atoms with E-state index in [-0.39, 0.29) is 17.2 Å². The van der Waals surface area contributed by atoms with Gasteiger partial charge in [-0.05, 0) is 0 Å². The molecule has 1 aromatic carbocycles. The fourth-order valence-corrected chi connectivity index (χ4v) is 0.913. The minimum Gasteiger partial charge on any atom is -0.449 e. The molecule has 0 saturated heterocycles. The predicted octanol–water partition coefficient (Wildman–Crippen LogP) is 1.38. The van der Waals surface area contributed by atoms with E-state index < -0.39 is 12.3 Å². The molecule has 4 N–H and O–H groups in total. The van der Waals surface area contributed by atoms with E-state index in [1.54, 1.807) is 0 Å². The maximum absolute atomic E-state index is 10.2. The van der Waals surface area contributed by atoms with Gasteiger partial charge in [0.2, 0.25) is 0 Å². The highest BCUT2D eigenvalue weighted by molar-refractivity contribution is 5.66. The molecule has 0 heterocycles. The van der Waals surface area contributed by atoms with Gasteiger partial charge in [-0.2, -0.15) is 0 Å². The Morgan fingerprint density at radius 3 is 1.73 bits per heavy atom. The van der Waals surface area contributed by atoms with E-state index in [1.165, 1.54) is 12.1 Å². The van der Waals surface area contributed by atoms with Crippen molar-refractivity contribution in [1.29, 1.82) is 0 Å². The average Bonchev–Trinajstić information content (AvgIpc) is 1.98. The van der Waals surface area contributed by atoms with Crippen LogP contribution in [0.4, 0.5) is 15.3 Å². The summed E-state index contributed by atoms with van der Waals surface area (Å²) in [4.78, 5) is 20.4. The van der Waals surface area contributed by atoms with Crippen LogP contribution < -0.4 is 15.2 Å². The largest absolute Gasteiger partial charge is 0.511 e. The first-order valence-electron chi connectivity index (χ1n) is 3.69. The highest BCUT2D eigenvalue weighted by Crippen LogP contribution is 2.24. The molecule has 0 radical (unpaired) electrons. The molecule has 0 saturated carbocycles. The van der Waals surface area contributed by atoms with E-state index in [2.05, 4.69) is 9.47 Å². The highest BCUT2D eigenvalue weighted by atomic mass is 16.7. The van der Waals surface area contributed by atoms with Crippen LogP contribution in [0.3, 0.4) is 0 Å². The topological polar surface area (TPSA) is 119 Å². The molecule has 0 atom stereocenters. The lowest BCUT2D eigenvalue weighted by molar-refractivity contribution is 0.143. The van der Waals surface area contributed by atoms with Gasteiger partial charge in [-0.1, -0.05) is 0 Å². The van der Waals surface area contributed by atoms with Crippen LogP contribution in [-0.2, 0) is 0 Å². The van der Waals surface area contributed by atoms with E-state index in [9.17, 15) is 9.59 Å². The first kappa shape index (κ1) is 10.6. The second-order valence-corrected chi connectivity index (χ2v) is 2.47. The summed E-state index contributed by atoms with van der Waals surface area (Å²) in [6.45, 7) is 0. The van der Waals surface area contributed by atoms with Gasteiger partial charge in [-0.15, -0.1) is 0 Å². The van der Waals surface area contributed by atoms with E-state index >= 15 is 0 Å². The summed E-state index contributed by atoms with van der Waals surface area (Å²) in [6, 6.07) is 3.55. The van der Waals surface area contributed by atoms with E-state index in [1.807, 2.05) is 0 Å². The Morgan fingerprint density at radius 2 is 1.40 bits per heavy atom. The molecule has 0 aliphatic heterocycles. The van der Waals surface area contributed by atoms with Gasteiger partial charge >= 0.3 is 12.3 Å². The molecule has 0 amide bonds. The zero-order valence-corrected chi connectivity index (χ0v) is 7.34. The third-order valence-electron chi connectivity index (χ3n) is 1.31. The number of nitrogen functional groups attached to an aromatic ring is 1. The molecule has 0 fully saturated rings. The Morgan fingerprint density at radius 1 is 1.00 bits per heavy atom. The third-order valence-corrected chi connectivity index (χ3v) is 1.31. The summed E-state index contributed by atoms with van der Waals surface area (Å²) >= 11 is 0. The monoisotopic (exact) mass is 213 g/mol. The van der Waals surface area contributed by atoms with Crippen molar-refractivity contribution in [2.75, 3.05) is 5.73 Å². The molecule has 0 aromatic heterocycles. The van der Waals surface area contributed by atoms with Gasteiger partial charge in [0.05, 0.1) is 0 Å². The minimum atomic E-state index is -1.53. The number of carbonyl (C=O) groups is 2. The molecule has 0 aliphatic carbocycles. The molecule has 0 spiro atoms. The minimum absolute atomic E-state index is 0.112. The summed E-state index contributed by atoms with van der Waals surface area (Å²) < 4.78 is 8.56. The maximum atomic E-state index is 10.2. The average molecular weight is 213 g/mol. The van der Waals surface area contributed by atoms with Crippen LogP contribution >= 0.6 is 0 Å². The summed E-state index contributed by atoms with van der Waals surface area (Å²) in [7, 11) is 0. The molecule has 7 nitrogen and oxygen atoms in total. The van der Waals surface area contributed by atoms with Crippen LogP contribution in [0.2, 0.25) is 0 Å². The molecule has 1 rings (SSSR count). The van der Waals surface area contributed by atoms with E-state index in [4.69, 9.17) is 15.9 Å². The number of benzene rings is 1. The summed E-state index contributed by atoms with van der Waals surface area (Å²) in [5, 5.41) is 16.6. The molecule has 1 aromatic rings. The van der Waals surface area contributed by atoms with Gasteiger partial charge in [0, 0.05) is 23.9 Å². The molecular weight excluding hydrogens is 206 g/mol. The van der Waals surface area contributed by atoms with Crippen LogP contribution in [0.15, 0.2) is 18.2 Å². The first-order chi connectivity index (χ1) is 6.97. The van der Waals surface area contributed by atoms with Crippen molar-refractivity contribution >= 4 is 18.0 Å². The fourth-order valence-electron chi connectivity index (χ4n) is 0.913. The number of ether oxygens (including phenoxy) is 2. The van der Waals surface area contributed by atoms with Gasteiger partial charge in [0.25, 0.3) is 0 Å². The van der Waals surface area contributed by atoms with Crippen molar-refractivity contribution in [2.45, 2.75) is 0 Å². The third kappa shape index (κ3) is 3.43. The number of anilines is 1. The molecule has 80 valence electrons. The van der Waals surface area contributed by atoms with Gasteiger partial charge in [-0.3, -0.25) is 0 Å². The molecule has 7 heteroatoms. The van der Waals surface area contributed by atoms with Crippen LogP contribution in [-0.4, -0.2) is 22.5 Å². The fraction of sp³-hybridized carbons (Fsp3) is 0. The Labute approximate surface area is 83.6 Å². The van der Waals surface area contributed by atoms with Crippen molar-refractivity contribution < 1.29 is 29.3 Å². The number of hydrogen-bond donors (Lipinski definition) is 3. The normalized spacial score (nSPS) is 9.33. The molecule has 0 unspecified atom stereocenters. The van der Waals surface area contributed by atoms with Crippen LogP contribution in [0, 0.1) is 0 Å². The van der Waals surface area contributed by atoms with Gasteiger partial charge < -0.3 is 25.4 Å². The van der Waals surface area contributed by atoms with Gasteiger partial charge in [0.15, 0.2) is 0 Å². The number of hydrogen-bond acceptors (Lipinski definition) is 5. The number of rotatable bonds is 2.